The lowest BCUT2D eigenvalue weighted by Gasteiger charge is -2.18. The minimum absolute atomic E-state index is 0.0160. The van der Waals surface area contributed by atoms with Crippen molar-refractivity contribution in [3.05, 3.63) is 102 Å². The topological polar surface area (TPSA) is 80.2 Å². The van der Waals surface area contributed by atoms with Crippen molar-refractivity contribution >= 4 is 57.0 Å². The largest absolute Gasteiger partial charge is 0.497 e. The van der Waals surface area contributed by atoms with Crippen LogP contribution < -0.4 is 19.7 Å². The Kier molecular flexibility index (Phi) is 8.07. The number of benzene rings is 4. The minimum Gasteiger partial charge on any atom is -0.497 e. The van der Waals surface area contributed by atoms with E-state index in [0.29, 0.717) is 17.1 Å². The number of anilines is 2. The van der Waals surface area contributed by atoms with Gasteiger partial charge in [0.1, 0.15) is 17.2 Å². The van der Waals surface area contributed by atoms with E-state index in [-0.39, 0.29) is 28.3 Å². The Hall–Kier alpha value is -4.70. The molecule has 0 bridgehead atoms. The molecule has 40 heavy (non-hydrogen) atoms. The van der Waals surface area contributed by atoms with Gasteiger partial charge in [-0.3, -0.25) is 14.5 Å². The summed E-state index contributed by atoms with van der Waals surface area (Å²) >= 11 is 1.09. The van der Waals surface area contributed by atoms with Crippen molar-refractivity contribution in [2.75, 3.05) is 23.1 Å². The molecular formula is C30H23F2N3O4S. The number of rotatable bonds is 8. The standard InChI is InChI=1S/C30H23F2N3O4S/c1-38-24-12-6-19(7-13-24)16-26-28(37)35(23-10-14-25(15-11-23)39-29(31)32)30(34-26)40-18-27(36)33-22-9-8-20-4-2-3-5-21(20)17-22/h2-17,29H,18H2,1H3,(H,33,36)/b26-16+. The van der Waals surface area contributed by atoms with Gasteiger partial charge in [-0.1, -0.05) is 54.2 Å². The van der Waals surface area contributed by atoms with Gasteiger partial charge in [0, 0.05) is 5.69 Å². The van der Waals surface area contributed by atoms with Gasteiger partial charge in [0.05, 0.1) is 18.6 Å². The summed E-state index contributed by atoms with van der Waals surface area (Å²) in [6.45, 7) is -2.97. The van der Waals surface area contributed by atoms with Gasteiger partial charge in [-0.15, -0.1) is 0 Å². The number of carbonyl (C=O) groups excluding carboxylic acids is 2. The molecule has 1 heterocycles. The Morgan fingerprint density at radius 2 is 1.68 bits per heavy atom. The van der Waals surface area contributed by atoms with Gasteiger partial charge in [-0.2, -0.15) is 8.78 Å². The fraction of sp³-hybridized carbons (Fsp3) is 0.100. The summed E-state index contributed by atoms with van der Waals surface area (Å²) in [6, 6.07) is 26.2. The van der Waals surface area contributed by atoms with Crippen molar-refractivity contribution in [1.82, 2.24) is 0 Å². The van der Waals surface area contributed by atoms with Crippen molar-refractivity contribution < 1.29 is 27.8 Å². The van der Waals surface area contributed by atoms with Crippen LogP contribution in [0.3, 0.4) is 0 Å². The molecule has 0 spiro atoms. The first-order chi connectivity index (χ1) is 19.4. The van der Waals surface area contributed by atoms with Crippen LogP contribution in [0.1, 0.15) is 5.56 Å². The molecule has 1 aliphatic heterocycles. The average Bonchev–Trinajstić information content (AvgIpc) is 3.26. The summed E-state index contributed by atoms with van der Waals surface area (Å²) in [5.41, 5.74) is 1.94. The molecule has 4 aromatic carbocycles. The molecule has 0 saturated heterocycles. The molecule has 10 heteroatoms. The predicted octanol–water partition coefficient (Wildman–Crippen LogP) is 6.57. The molecular weight excluding hydrogens is 536 g/mol. The molecule has 2 amide bonds. The second-order valence-electron chi connectivity index (χ2n) is 8.61. The van der Waals surface area contributed by atoms with Crippen molar-refractivity contribution in [2.24, 2.45) is 4.99 Å². The normalized spacial score (nSPS) is 14.1. The molecule has 0 saturated carbocycles. The highest BCUT2D eigenvalue weighted by Crippen LogP contribution is 2.31. The molecule has 0 unspecified atom stereocenters. The minimum atomic E-state index is -2.97. The smallest absolute Gasteiger partial charge is 0.387 e. The third-order valence-corrected chi connectivity index (χ3v) is 6.87. The zero-order chi connectivity index (χ0) is 28.1. The van der Waals surface area contributed by atoms with E-state index in [1.807, 2.05) is 42.5 Å². The van der Waals surface area contributed by atoms with Crippen LogP contribution in [0.15, 0.2) is 102 Å². The van der Waals surface area contributed by atoms with Gasteiger partial charge in [0.15, 0.2) is 5.17 Å². The molecule has 7 nitrogen and oxygen atoms in total. The van der Waals surface area contributed by atoms with Crippen LogP contribution in [0.25, 0.3) is 16.8 Å². The highest BCUT2D eigenvalue weighted by atomic mass is 32.2. The average molecular weight is 560 g/mol. The number of carbonyl (C=O) groups is 2. The second-order valence-corrected chi connectivity index (χ2v) is 9.55. The molecule has 0 radical (unpaired) electrons. The van der Waals surface area contributed by atoms with Gasteiger partial charge < -0.3 is 14.8 Å². The predicted molar refractivity (Wildman–Crippen MR) is 154 cm³/mol. The molecule has 0 fully saturated rings. The lowest BCUT2D eigenvalue weighted by molar-refractivity contribution is -0.114. The molecule has 202 valence electrons. The summed E-state index contributed by atoms with van der Waals surface area (Å²) in [7, 11) is 1.56. The molecule has 0 aliphatic carbocycles. The van der Waals surface area contributed by atoms with E-state index in [4.69, 9.17) is 4.74 Å². The Balaban J connectivity index is 1.36. The van der Waals surface area contributed by atoms with Crippen LogP contribution in [0, 0.1) is 0 Å². The highest BCUT2D eigenvalue weighted by molar-refractivity contribution is 8.14. The fourth-order valence-corrected chi connectivity index (χ4v) is 4.86. The highest BCUT2D eigenvalue weighted by Gasteiger charge is 2.32. The van der Waals surface area contributed by atoms with Crippen molar-refractivity contribution in [2.45, 2.75) is 6.61 Å². The van der Waals surface area contributed by atoms with Crippen LogP contribution in [0.2, 0.25) is 0 Å². The number of methoxy groups -OCH3 is 1. The molecule has 0 atom stereocenters. The van der Waals surface area contributed by atoms with Gasteiger partial charge >= 0.3 is 6.61 Å². The number of fused-ring (bicyclic) bond motifs is 1. The SMILES string of the molecule is COc1ccc(/C=C2/N=C(SCC(=O)Nc3ccc4ccccc4c3)N(c3ccc(OC(F)F)cc3)C2=O)cc1. The zero-order valence-electron chi connectivity index (χ0n) is 21.2. The number of hydrogen-bond acceptors (Lipinski definition) is 6. The Labute approximate surface area is 233 Å². The number of alkyl halides is 2. The number of amides is 2. The number of amidine groups is 1. The molecule has 0 aromatic heterocycles. The molecule has 4 aromatic rings. The lowest BCUT2D eigenvalue weighted by atomic mass is 10.1. The Bertz CT molecular complexity index is 1610. The Morgan fingerprint density at radius 3 is 2.38 bits per heavy atom. The number of halogens is 2. The molecule has 1 aliphatic rings. The monoisotopic (exact) mass is 559 g/mol. The van der Waals surface area contributed by atoms with Crippen molar-refractivity contribution in [3.8, 4) is 11.5 Å². The van der Waals surface area contributed by atoms with Gasteiger partial charge in [0.25, 0.3) is 5.91 Å². The van der Waals surface area contributed by atoms with E-state index in [9.17, 15) is 18.4 Å². The number of aliphatic imine (C=N–C) groups is 1. The lowest BCUT2D eigenvalue weighted by Crippen LogP contribution is -2.31. The number of thioether (sulfide) groups is 1. The number of nitrogens with one attached hydrogen (secondary N) is 1. The van der Waals surface area contributed by atoms with E-state index in [2.05, 4.69) is 15.0 Å². The van der Waals surface area contributed by atoms with Crippen molar-refractivity contribution in [3.63, 3.8) is 0 Å². The Morgan fingerprint density at radius 1 is 0.975 bits per heavy atom. The number of hydrogen-bond donors (Lipinski definition) is 1. The fourth-order valence-electron chi connectivity index (χ4n) is 4.05. The van der Waals surface area contributed by atoms with Gasteiger partial charge in [-0.05, 0) is 70.9 Å². The maximum atomic E-state index is 13.4. The third-order valence-electron chi connectivity index (χ3n) is 5.93. The summed E-state index contributed by atoms with van der Waals surface area (Å²) in [6.07, 6.45) is 1.63. The van der Waals surface area contributed by atoms with Crippen LogP contribution in [-0.4, -0.2) is 36.5 Å². The number of nitrogens with zero attached hydrogens (tertiary/aromatic N) is 2. The van der Waals surface area contributed by atoms with Crippen LogP contribution in [0.4, 0.5) is 20.2 Å². The second kappa shape index (κ2) is 12.0. The maximum absolute atomic E-state index is 13.4. The van der Waals surface area contributed by atoms with Gasteiger partial charge in [0.2, 0.25) is 5.91 Å². The summed E-state index contributed by atoms with van der Waals surface area (Å²) in [4.78, 5) is 32.1. The van der Waals surface area contributed by atoms with Crippen LogP contribution in [-0.2, 0) is 9.59 Å². The maximum Gasteiger partial charge on any atom is 0.387 e. The molecule has 5 rings (SSSR count). The number of ether oxygens (including phenoxy) is 2. The van der Waals surface area contributed by atoms with E-state index in [1.54, 1.807) is 37.5 Å². The van der Waals surface area contributed by atoms with Crippen molar-refractivity contribution in [1.29, 1.82) is 0 Å². The van der Waals surface area contributed by atoms with E-state index in [0.717, 1.165) is 28.1 Å². The van der Waals surface area contributed by atoms with E-state index in [1.165, 1.54) is 29.2 Å². The van der Waals surface area contributed by atoms with E-state index < -0.39 is 12.5 Å². The zero-order valence-corrected chi connectivity index (χ0v) is 22.0. The first kappa shape index (κ1) is 26.9. The summed E-state index contributed by atoms with van der Waals surface area (Å²) in [5.74, 6) is -0.0813. The molecule has 1 N–H and O–H groups in total. The summed E-state index contributed by atoms with van der Waals surface area (Å²) in [5, 5.41) is 5.22. The third kappa shape index (κ3) is 6.29. The van der Waals surface area contributed by atoms with Crippen LogP contribution in [0.5, 0.6) is 11.5 Å². The first-order valence-electron chi connectivity index (χ1n) is 12.1. The van der Waals surface area contributed by atoms with E-state index >= 15 is 0 Å². The van der Waals surface area contributed by atoms with Gasteiger partial charge in [-0.25, -0.2) is 4.99 Å². The first-order valence-corrected chi connectivity index (χ1v) is 13.1. The quantitative estimate of drug-likeness (QED) is 0.247. The summed E-state index contributed by atoms with van der Waals surface area (Å²) < 4.78 is 34.8. The van der Waals surface area contributed by atoms with Crippen LogP contribution >= 0.6 is 11.8 Å².